The molecule has 0 saturated carbocycles. The molecule has 1 saturated heterocycles. The zero-order valence-corrected chi connectivity index (χ0v) is 15.4. The number of ether oxygens (including phenoxy) is 2. The van der Waals surface area contributed by atoms with Crippen LogP contribution in [0.2, 0.25) is 0 Å². The number of alkyl halides is 3. The molecule has 2 rings (SSSR count). The molecule has 2 amide bonds. The number of hydrogen-bond acceptors (Lipinski definition) is 4. The van der Waals surface area contributed by atoms with Crippen LogP contribution in [0.3, 0.4) is 0 Å². The van der Waals surface area contributed by atoms with Crippen molar-refractivity contribution in [3.63, 3.8) is 0 Å². The second kappa shape index (κ2) is 7.66. The number of rotatable bonds is 3. The zero-order chi connectivity index (χ0) is 20.4. The first-order valence-electron chi connectivity index (χ1n) is 8.52. The fraction of sp³-hybridized carbons (Fsp3) is 0.556. The second-order valence-electron chi connectivity index (χ2n) is 7.47. The van der Waals surface area contributed by atoms with E-state index in [1.165, 1.54) is 17.0 Å². The summed E-state index contributed by atoms with van der Waals surface area (Å²) in [5.74, 6) is -1.63. The van der Waals surface area contributed by atoms with Crippen LogP contribution in [0.1, 0.15) is 55.5 Å². The highest BCUT2D eigenvalue weighted by molar-refractivity contribution is 5.93. The van der Waals surface area contributed by atoms with Gasteiger partial charge in [0.15, 0.2) is 0 Å². The molecule has 1 heterocycles. The summed E-state index contributed by atoms with van der Waals surface area (Å²) in [4.78, 5) is 25.3. The van der Waals surface area contributed by atoms with Crippen molar-refractivity contribution in [1.29, 1.82) is 0 Å². The summed E-state index contributed by atoms with van der Waals surface area (Å²) >= 11 is 0. The van der Waals surface area contributed by atoms with E-state index in [1.54, 1.807) is 20.8 Å². The number of nitrogens with zero attached hydrogens (tertiary/aromatic N) is 1. The Morgan fingerprint density at radius 2 is 1.85 bits per heavy atom. The zero-order valence-electron chi connectivity index (χ0n) is 15.4. The lowest BCUT2D eigenvalue weighted by Gasteiger charge is -2.34. The number of carbonyl (C=O) groups excluding carboxylic acids is 2. The quantitative estimate of drug-likeness (QED) is 0.854. The van der Waals surface area contributed by atoms with Gasteiger partial charge in [0.2, 0.25) is 5.91 Å². The van der Waals surface area contributed by atoms with Crippen molar-refractivity contribution < 1.29 is 32.2 Å². The van der Waals surface area contributed by atoms with Gasteiger partial charge >= 0.3 is 12.5 Å². The van der Waals surface area contributed by atoms with Crippen molar-refractivity contribution in [3.8, 4) is 5.75 Å². The standard InChI is InChI=1S/C18H23F3N2O4/c1-17(2,3)27-16(25)23-6-4-5-11(10-23)12-7-13(15(22)24)9-14(8-12)26-18(19,20)21/h7-9,11H,4-6,10H2,1-3H3,(H2,22,24). The topological polar surface area (TPSA) is 81.9 Å². The third kappa shape index (κ3) is 6.33. The van der Waals surface area contributed by atoms with Crippen LogP contribution in [0, 0.1) is 0 Å². The molecule has 1 aromatic rings. The van der Waals surface area contributed by atoms with Gasteiger partial charge in [-0.25, -0.2) is 4.79 Å². The third-order valence-corrected chi connectivity index (χ3v) is 3.99. The highest BCUT2D eigenvalue weighted by Crippen LogP contribution is 2.33. The molecule has 1 aromatic carbocycles. The molecule has 1 aliphatic rings. The number of benzene rings is 1. The molecule has 150 valence electrons. The summed E-state index contributed by atoms with van der Waals surface area (Å²) in [6.07, 6.45) is -4.07. The number of amides is 2. The first-order valence-corrected chi connectivity index (χ1v) is 8.52. The minimum atomic E-state index is -4.89. The normalized spacial score (nSPS) is 18.1. The van der Waals surface area contributed by atoms with Crippen LogP contribution in [-0.2, 0) is 4.74 Å². The Bertz CT molecular complexity index is 714. The highest BCUT2D eigenvalue weighted by Gasteiger charge is 2.33. The molecule has 9 heteroatoms. The van der Waals surface area contributed by atoms with Crippen LogP contribution in [0.15, 0.2) is 18.2 Å². The molecule has 0 aromatic heterocycles. The molecule has 0 spiro atoms. The van der Waals surface area contributed by atoms with Crippen LogP contribution in [0.5, 0.6) is 5.75 Å². The van der Waals surface area contributed by atoms with Gasteiger partial charge in [-0.05, 0) is 57.4 Å². The molecule has 2 N–H and O–H groups in total. The molecule has 1 fully saturated rings. The molecule has 0 radical (unpaired) electrons. The maximum Gasteiger partial charge on any atom is 0.573 e. The van der Waals surface area contributed by atoms with Crippen molar-refractivity contribution in [3.05, 3.63) is 29.3 Å². The molecular formula is C18H23F3N2O4. The number of carbonyl (C=O) groups is 2. The summed E-state index contributed by atoms with van der Waals surface area (Å²) < 4.78 is 47.0. The minimum Gasteiger partial charge on any atom is -0.444 e. The number of piperidine rings is 1. The van der Waals surface area contributed by atoms with Gasteiger partial charge in [0, 0.05) is 24.6 Å². The van der Waals surface area contributed by atoms with Gasteiger partial charge in [-0.15, -0.1) is 13.2 Å². The van der Waals surface area contributed by atoms with Crippen LogP contribution in [-0.4, -0.2) is 42.0 Å². The van der Waals surface area contributed by atoms with Crippen molar-refractivity contribution >= 4 is 12.0 Å². The van der Waals surface area contributed by atoms with Gasteiger partial charge in [-0.3, -0.25) is 4.79 Å². The number of halogens is 3. The number of likely N-dealkylation sites (tertiary alicyclic amines) is 1. The molecule has 27 heavy (non-hydrogen) atoms. The lowest BCUT2D eigenvalue weighted by molar-refractivity contribution is -0.274. The summed E-state index contributed by atoms with van der Waals surface area (Å²) in [6.45, 7) is 6.02. The third-order valence-electron chi connectivity index (χ3n) is 3.99. The van der Waals surface area contributed by atoms with Gasteiger partial charge in [-0.1, -0.05) is 0 Å². The first kappa shape index (κ1) is 20.9. The van der Waals surface area contributed by atoms with E-state index in [4.69, 9.17) is 10.5 Å². The molecule has 0 aliphatic carbocycles. The van der Waals surface area contributed by atoms with Crippen molar-refractivity contribution in [1.82, 2.24) is 4.90 Å². The molecule has 1 atom stereocenters. The van der Waals surface area contributed by atoms with E-state index in [0.717, 1.165) is 6.07 Å². The SMILES string of the molecule is CC(C)(C)OC(=O)N1CCCC(c2cc(OC(F)(F)F)cc(C(N)=O)c2)C1. The van der Waals surface area contributed by atoms with Crippen LogP contribution in [0.25, 0.3) is 0 Å². The molecular weight excluding hydrogens is 365 g/mol. The average molecular weight is 388 g/mol. The number of hydrogen-bond donors (Lipinski definition) is 1. The average Bonchev–Trinajstić information content (AvgIpc) is 2.51. The van der Waals surface area contributed by atoms with Gasteiger partial charge in [0.05, 0.1) is 0 Å². The Morgan fingerprint density at radius 3 is 2.41 bits per heavy atom. The summed E-state index contributed by atoms with van der Waals surface area (Å²) in [5, 5.41) is 0. The molecule has 0 bridgehead atoms. The van der Waals surface area contributed by atoms with Gasteiger partial charge in [0.25, 0.3) is 0 Å². The van der Waals surface area contributed by atoms with Crippen LogP contribution in [0.4, 0.5) is 18.0 Å². The smallest absolute Gasteiger partial charge is 0.444 e. The Balaban J connectivity index is 2.25. The summed E-state index contributed by atoms with van der Waals surface area (Å²) in [5.41, 5.74) is 4.96. The van der Waals surface area contributed by atoms with Gasteiger partial charge < -0.3 is 20.1 Å². The van der Waals surface area contributed by atoms with Crippen LogP contribution < -0.4 is 10.5 Å². The fourth-order valence-electron chi connectivity index (χ4n) is 2.93. The lowest BCUT2D eigenvalue weighted by atomic mass is 9.89. The van der Waals surface area contributed by atoms with Gasteiger partial charge in [0.1, 0.15) is 11.4 Å². The first-order chi connectivity index (χ1) is 12.3. The van der Waals surface area contributed by atoms with Crippen molar-refractivity contribution in [2.24, 2.45) is 5.73 Å². The van der Waals surface area contributed by atoms with Gasteiger partial charge in [-0.2, -0.15) is 0 Å². The second-order valence-corrected chi connectivity index (χ2v) is 7.47. The van der Waals surface area contributed by atoms with E-state index >= 15 is 0 Å². The van der Waals surface area contributed by atoms with Crippen molar-refractivity contribution in [2.75, 3.05) is 13.1 Å². The Morgan fingerprint density at radius 1 is 1.19 bits per heavy atom. The molecule has 1 unspecified atom stereocenters. The van der Waals surface area contributed by atoms with E-state index in [9.17, 15) is 22.8 Å². The lowest BCUT2D eigenvalue weighted by Crippen LogP contribution is -2.42. The molecule has 1 aliphatic heterocycles. The van der Waals surface area contributed by atoms with E-state index in [-0.39, 0.29) is 18.0 Å². The molecule has 6 nitrogen and oxygen atoms in total. The Labute approximate surface area is 155 Å². The maximum atomic E-state index is 12.6. The van der Waals surface area contributed by atoms with E-state index < -0.39 is 29.7 Å². The summed E-state index contributed by atoms with van der Waals surface area (Å²) in [6, 6.07) is 3.62. The van der Waals surface area contributed by atoms with E-state index in [2.05, 4.69) is 4.74 Å². The largest absolute Gasteiger partial charge is 0.573 e. The van der Waals surface area contributed by atoms with Crippen LogP contribution >= 0.6 is 0 Å². The predicted molar refractivity (Wildman–Crippen MR) is 91.4 cm³/mol. The number of primary amides is 1. The number of nitrogens with two attached hydrogens (primary N) is 1. The Hall–Kier alpha value is -2.45. The minimum absolute atomic E-state index is 0.0823. The maximum absolute atomic E-state index is 12.6. The van der Waals surface area contributed by atoms with E-state index in [0.29, 0.717) is 24.9 Å². The Kier molecular flexibility index (Phi) is 5.91. The van der Waals surface area contributed by atoms with E-state index in [1.807, 2.05) is 0 Å². The summed E-state index contributed by atoms with van der Waals surface area (Å²) in [7, 11) is 0. The predicted octanol–water partition coefficient (Wildman–Crippen LogP) is 3.80. The van der Waals surface area contributed by atoms with Crippen molar-refractivity contribution in [2.45, 2.75) is 51.5 Å². The monoisotopic (exact) mass is 388 g/mol. The fourth-order valence-corrected chi connectivity index (χ4v) is 2.93. The highest BCUT2D eigenvalue weighted by atomic mass is 19.4.